The third-order valence-corrected chi connectivity index (χ3v) is 4.29. The molecule has 0 saturated carbocycles. The Morgan fingerprint density at radius 2 is 1.52 bits per heavy atom. The topological polar surface area (TPSA) is 52.6 Å². The summed E-state index contributed by atoms with van der Waals surface area (Å²) >= 11 is 8.09. The number of carbonyl (C=O) groups is 2. The number of thiol groups is 2. The van der Waals surface area contributed by atoms with Gasteiger partial charge in [0.25, 0.3) is 0 Å². The van der Waals surface area contributed by atoms with Crippen LogP contribution in [-0.2, 0) is 16.0 Å². The maximum Gasteiger partial charge on any atom is 0.312 e. The largest absolute Gasteiger partial charge is 0.426 e. The molecule has 2 aromatic carbocycles. The Morgan fingerprint density at radius 1 is 0.889 bits per heavy atom. The van der Waals surface area contributed by atoms with Crippen LogP contribution in [0.4, 0.5) is 0 Å². The lowest BCUT2D eigenvalue weighted by Gasteiger charge is -2.13. The molecule has 0 heterocycles. The summed E-state index contributed by atoms with van der Waals surface area (Å²) in [6, 6.07) is 13.2. The first-order chi connectivity index (χ1) is 13.1. The molecular weight excluding hydrogens is 380 g/mol. The predicted molar refractivity (Wildman–Crippen MR) is 114 cm³/mol. The van der Waals surface area contributed by atoms with Crippen molar-refractivity contribution in [3.05, 3.63) is 48.0 Å². The van der Waals surface area contributed by atoms with Crippen LogP contribution < -0.4 is 9.47 Å². The Labute approximate surface area is 171 Å². The molecule has 0 aliphatic carbocycles. The molecule has 27 heavy (non-hydrogen) atoms. The molecular formula is C21H24O4S2. The van der Waals surface area contributed by atoms with Crippen LogP contribution in [0.1, 0.15) is 31.7 Å². The molecule has 0 aliphatic heterocycles. The van der Waals surface area contributed by atoms with Gasteiger partial charge in [0.2, 0.25) is 0 Å². The van der Waals surface area contributed by atoms with Crippen molar-refractivity contribution in [1.29, 1.82) is 0 Å². The quantitative estimate of drug-likeness (QED) is 0.360. The zero-order valence-corrected chi connectivity index (χ0v) is 17.1. The molecule has 0 fully saturated rings. The Kier molecular flexibility index (Phi) is 8.75. The van der Waals surface area contributed by atoms with Crippen molar-refractivity contribution in [1.82, 2.24) is 0 Å². The summed E-state index contributed by atoms with van der Waals surface area (Å²) in [6.45, 7) is 2.14. The van der Waals surface area contributed by atoms with Gasteiger partial charge >= 0.3 is 11.9 Å². The fraction of sp³-hybridized carbons (Fsp3) is 0.333. The number of carbonyl (C=O) groups excluding carboxylic acids is 2. The highest BCUT2D eigenvalue weighted by molar-refractivity contribution is 7.80. The molecule has 0 amide bonds. The summed E-state index contributed by atoms with van der Waals surface area (Å²) < 4.78 is 10.8. The van der Waals surface area contributed by atoms with Crippen molar-refractivity contribution in [3.8, 4) is 22.6 Å². The van der Waals surface area contributed by atoms with Gasteiger partial charge in [0.15, 0.2) is 0 Å². The maximum absolute atomic E-state index is 12.0. The highest BCUT2D eigenvalue weighted by Crippen LogP contribution is 2.34. The first-order valence-corrected chi connectivity index (χ1v) is 10.2. The van der Waals surface area contributed by atoms with E-state index < -0.39 is 0 Å². The molecule has 0 unspecified atom stereocenters. The molecule has 0 bridgehead atoms. The van der Waals surface area contributed by atoms with Gasteiger partial charge in [0.1, 0.15) is 11.5 Å². The second-order valence-electron chi connectivity index (χ2n) is 6.00. The van der Waals surface area contributed by atoms with Crippen LogP contribution in [0.25, 0.3) is 11.1 Å². The van der Waals surface area contributed by atoms with Crippen LogP contribution in [0.2, 0.25) is 0 Å². The van der Waals surface area contributed by atoms with E-state index in [4.69, 9.17) is 9.47 Å². The van der Waals surface area contributed by atoms with E-state index in [-0.39, 0.29) is 24.8 Å². The normalized spacial score (nSPS) is 10.5. The van der Waals surface area contributed by atoms with E-state index in [9.17, 15) is 9.59 Å². The Morgan fingerprint density at radius 3 is 2.11 bits per heavy atom. The average Bonchev–Trinajstić information content (AvgIpc) is 2.63. The molecule has 4 nitrogen and oxygen atoms in total. The zero-order valence-electron chi connectivity index (χ0n) is 15.3. The third-order valence-electron chi connectivity index (χ3n) is 3.84. The predicted octanol–water partition coefficient (Wildman–Crippen LogP) is 4.76. The van der Waals surface area contributed by atoms with Gasteiger partial charge in [0.05, 0.1) is 12.8 Å². The van der Waals surface area contributed by atoms with Crippen LogP contribution in [0, 0.1) is 0 Å². The molecule has 0 saturated heterocycles. The average molecular weight is 405 g/mol. The fourth-order valence-corrected chi connectivity index (χ4v) is 2.93. The Hall–Kier alpha value is -1.92. The lowest BCUT2D eigenvalue weighted by Crippen LogP contribution is -2.11. The molecule has 0 atom stereocenters. The standard InChI is InChI=1S/C21H24O4S2/c1-2-3-15-4-6-16(7-5-15)18-9-8-17(24-20(22)10-12-26)14-19(18)25-21(23)11-13-27/h4-9,14,26-27H,2-3,10-13H2,1H3. The fourth-order valence-electron chi connectivity index (χ4n) is 2.57. The minimum atomic E-state index is -0.382. The summed E-state index contributed by atoms with van der Waals surface area (Å²) in [5, 5.41) is 0. The first kappa shape index (κ1) is 21.4. The first-order valence-electron chi connectivity index (χ1n) is 8.93. The Bertz CT molecular complexity index is 772. The van der Waals surface area contributed by atoms with Gasteiger partial charge in [-0.25, -0.2) is 0 Å². The number of hydrogen-bond acceptors (Lipinski definition) is 6. The minimum Gasteiger partial charge on any atom is -0.426 e. The number of hydrogen-bond donors (Lipinski definition) is 2. The van der Waals surface area contributed by atoms with Crippen LogP contribution in [0.3, 0.4) is 0 Å². The molecule has 0 radical (unpaired) electrons. The van der Waals surface area contributed by atoms with Gasteiger partial charge in [-0.15, -0.1) is 0 Å². The van der Waals surface area contributed by atoms with Gasteiger partial charge in [0, 0.05) is 23.1 Å². The van der Waals surface area contributed by atoms with Crippen LogP contribution in [-0.4, -0.2) is 23.4 Å². The van der Waals surface area contributed by atoms with E-state index >= 15 is 0 Å². The van der Waals surface area contributed by atoms with Crippen molar-refractivity contribution in [2.24, 2.45) is 0 Å². The lowest BCUT2D eigenvalue weighted by molar-refractivity contribution is -0.134. The molecule has 2 rings (SSSR count). The molecule has 0 aliphatic rings. The van der Waals surface area contributed by atoms with Gasteiger partial charge in [-0.05, 0) is 29.7 Å². The monoisotopic (exact) mass is 404 g/mol. The summed E-state index contributed by atoms with van der Waals surface area (Å²) in [7, 11) is 0. The molecule has 144 valence electrons. The van der Waals surface area contributed by atoms with Crippen LogP contribution >= 0.6 is 25.3 Å². The summed E-state index contributed by atoms with van der Waals surface area (Å²) in [5.74, 6) is 0.742. The van der Waals surface area contributed by atoms with Crippen molar-refractivity contribution in [2.45, 2.75) is 32.6 Å². The van der Waals surface area contributed by atoms with Crippen molar-refractivity contribution >= 4 is 37.2 Å². The van der Waals surface area contributed by atoms with Gasteiger partial charge < -0.3 is 9.47 Å². The highest BCUT2D eigenvalue weighted by atomic mass is 32.1. The SMILES string of the molecule is CCCc1ccc(-c2ccc(OC(=O)CCS)cc2OC(=O)CCS)cc1. The molecule has 2 aromatic rings. The van der Waals surface area contributed by atoms with Crippen molar-refractivity contribution in [2.75, 3.05) is 11.5 Å². The summed E-state index contributed by atoms with van der Waals surface area (Å²) in [5.41, 5.74) is 2.95. The van der Waals surface area contributed by atoms with E-state index in [1.807, 2.05) is 12.1 Å². The molecule has 0 aromatic heterocycles. The van der Waals surface area contributed by atoms with E-state index in [1.54, 1.807) is 18.2 Å². The molecule has 0 N–H and O–H groups in total. The second-order valence-corrected chi connectivity index (χ2v) is 6.89. The minimum absolute atomic E-state index is 0.196. The van der Waals surface area contributed by atoms with Crippen LogP contribution in [0.15, 0.2) is 42.5 Å². The van der Waals surface area contributed by atoms with Gasteiger partial charge in [-0.1, -0.05) is 37.6 Å². The van der Waals surface area contributed by atoms with Gasteiger partial charge in [-0.3, -0.25) is 9.59 Å². The number of rotatable bonds is 9. The van der Waals surface area contributed by atoms with E-state index in [0.29, 0.717) is 23.0 Å². The smallest absolute Gasteiger partial charge is 0.312 e. The van der Waals surface area contributed by atoms with Crippen LogP contribution in [0.5, 0.6) is 11.5 Å². The molecule has 6 heteroatoms. The number of ether oxygens (including phenoxy) is 2. The van der Waals surface area contributed by atoms with E-state index in [1.165, 1.54) is 5.56 Å². The van der Waals surface area contributed by atoms with Crippen molar-refractivity contribution < 1.29 is 19.1 Å². The summed E-state index contributed by atoms with van der Waals surface area (Å²) in [6.07, 6.45) is 2.50. The summed E-state index contributed by atoms with van der Waals surface area (Å²) in [4.78, 5) is 23.7. The highest BCUT2D eigenvalue weighted by Gasteiger charge is 2.14. The maximum atomic E-state index is 12.0. The number of aryl methyl sites for hydroxylation is 1. The van der Waals surface area contributed by atoms with E-state index in [0.717, 1.165) is 24.0 Å². The van der Waals surface area contributed by atoms with Gasteiger partial charge in [-0.2, -0.15) is 25.3 Å². The molecule has 0 spiro atoms. The van der Waals surface area contributed by atoms with Crippen molar-refractivity contribution in [3.63, 3.8) is 0 Å². The van der Waals surface area contributed by atoms with E-state index in [2.05, 4.69) is 44.3 Å². The lowest BCUT2D eigenvalue weighted by atomic mass is 10.0. The number of esters is 2. The zero-order chi connectivity index (χ0) is 19.6. The number of benzene rings is 2. The second kappa shape index (κ2) is 11.0. The Balaban J connectivity index is 2.33. The third kappa shape index (κ3) is 6.63.